The number of aliphatic hydroxyl groups excluding tert-OH is 3. The second kappa shape index (κ2) is 13.3. The van der Waals surface area contributed by atoms with Crippen molar-refractivity contribution in [1.82, 2.24) is 0 Å². The number of aliphatic carboxylic acids is 1. The van der Waals surface area contributed by atoms with Crippen LogP contribution < -0.4 is 34.7 Å². The largest absolute Gasteiger partial charge is 1.00 e. The molecule has 0 heterocycles. The number of carbonyl (C=O) groups excluding carboxylic acids is 2. The van der Waals surface area contributed by atoms with Crippen molar-refractivity contribution in [3.8, 4) is 0 Å². The zero-order valence-electron chi connectivity index (χ0n) is 19.3. The van der Waals surface area contributed by atoms with Gasteiger partial charge in [0.25, 0.3) is 0 Å². The third kappa shape index (κ3) is 8.45. The van der Waals surface area contributed by atoms with Crippen LogP contribution in [0.5, 0.6) is 0 Å². The molecule has 0 aromatic carbocycles. The minimum absolute atomic E-state index is 0. The Bertz CT molecular complexity index is 611. The predicted octanol–water partition coefficient (Wildman–Crippen LogP) is -1.81. The average molecular weight is 449 g/mol. The number of fused-ring (bicyclic) bond motifs is 1. The van der Waals surface area contributed by atoms with Crippen LogP contribution >= 0.6 is 0 Å². The summed E-state index contributed by atoms with van der Waals surface area (Å²) in [7, 11) is 0. The maximum Gasteiger partial charge on any atom is 1.00 e. The molecule has 2 aliphatic carbocycles. The van der Waals surface area contributed by atoms with Crippen molar-refractivity contribution in [3.63, 3.8) is 0 Å². The van der Waals surface area contributed by atoms with Gasteiger partial charge in [0.1, 0.15) is 6.10 Å². The maximum atomic E-state index is 12.4. The average Bonchev–Trinajstić information content (AvgIpc) is 2.65. The first-order chi connectivity index (χ1) is 14.1. The van der Waals surface area contributed by atoms with Gasteiger partial charge in [0.05, 0.1) is 24.2 Å². The smallest absolute Gasteiger partial charge is 0.550 e. The Hall–Kier alpha value is -0.440. The number of ether oxygens (including phenoxy) is 1. The first-order valence-corrected chi connectivity index (χ1v) is 11.2. The van der Waals surface area contributed by atoms with Gasteiger partial charge in [0.2, 0.25) is 0 Å². The number of allylic oxidation sites excluding steroid dienone is 2. The molecule has 0 spiro atoms. The Kier molecular flexibility index (Phi) is 12.3. The van der Waals surface area contributed by atoms with Crippen molar-refractivity contribution in [1.29, 1.82) is 0 Å². The van der Waals surface area contributed by atoms with Gasteiger partial charge in [-0.2, -0.15) is 0 Å². The van der Waals surface area contributed by atoms with E-state index in [1.54, 1.807) is 0 Å². The van der Waals surface area contributed by atoms with Crippen molar-refractivity contribution in [3.05, 3.63) is 12.2 Å². The Morgan fingerprint density at radius 2 is 1.87 bits per heavy atom. The fourth-order valence-corrected chi connectivity index (χ4v) is 4.99. The summed E-state index contributed by atoms with van der Waals surface area (Å²) in [6.07, 6.45) is 3.78. The summed E-state index contributed by atoms with van der Waals surface area (Å²) in [5, 5.41) is 40.9. The van der Waals surface area contributed by atoms with Gasteiger partial charge in [-0.15, -0.1) is 0 Å². The molecule has 0 amide bonds. The molecule has 0 aromatic heterocycles. The van der Waals surface area contributed by atoms with Crippen LogP contribution in [-0.2, 0) is 14.3 Å². The Morgan fingerprint density at radius 3 is 2.48 bits per heavy atom. The van der Waals surface area contributed by atoms with E-state index in [2.05, 4.69) is 19.1 Å². The summed E-state index contributed by atoms with van der Waals surface area (Å²) in [6, 6.07) is 0. The molecule has 2 rings (SSSR count). The molecule has 2 aliphatic rings. The number of carboxylic acid groups (broad SMARTS) is 1. The minimum atomic E-state index is -1.34. The van der Waals surface area contributed by atoms with E-state index >= 15 is 0 Å². The fraction of sp³-hybridized carbons (Fsp3) is 0.826. The topological polar surface area (TPSA) is 127 Å². The van der Waals surface area contributed by atoms with Gasteiger partial charge in [-0.3, -0.25) is 4.79 Å². The summed E-state index contributed by atoms with van der Waals surface area (Å²) in [5.41, 5.74) is 0. The normalized spacial score (nSPS) is 32.8. The molecule has 0 radical (unpaired) electrons. The number of rotatable bonds is 10. The third-order valence-electron chi connectivity index (χ3n) is 6.87. The van der Waals surface area contributed by atoms with E-state index < -0.39 is 30.7 Å². The molecule has 172 valence electrons. The van der Waals surface area contributed by atoms with Crippen molar-refractivity contribution >= 4 is 11.9 Å². The molecule has 9 atom stereocenters. The molecule has 8 heteroatoms. The summed E-state index contributed by atoms with van der Waals surface area (Å²) >= 11 is 0. The van der Waals surface area contributed by atoms with Gasteiger partial charge in [-0.1, -0.05) is 32.9 Å². The number of carbonyl (C=O) groups is 2. The number of aliphatic hydroxyl groups is 3. The Labute approximate surface area is 207 Å². The van der Waals surface area contributed by atoms with Crippen LogP contribution in [0.15, 0.2) is 12.2 Å². The van der Waals surface area contributed by atoms with Crippen LogP contribution in [0.3, 0.4) is 0 Å². The summed E-state index contributed by atoms with van der Waals surface area (Å²) in [4.78, 5) is 23.0. The van der Waals surface area contributed by atoms with Crippen LogP contribution in [0.1, 0.15) is 65.7 Å². The molecule has 0 aliphatic heterocycles. The number of hydrogen-bond donors (Lipinski definition) is 3. The molecular formula is C23H37NaO7. The van der Waals surface area contributed by atoms with Crippen molar-refractivity contribution < 1.29 is 64.3 Å². The van der Waals surface area contributed by atoms with E-state index in [4.69, 9.17) is 4.74 Å². The molecule has 0 bridgehead atoms. The maximum absolute atomic E-state index is 12.4. The van der Waals surface area contributed by atoms with Gasteiger partial charge < -0.3 is 30.0 Å². The van der Waals surface area contributed by atoms with Crippen molar-refractivity contribution in [2.75, 3.05) is 0 Å². The zero-order valence-corrected chi connectivity index (χ0v) is 21.3. The Balaban J connectivity index is 0.00000480. The molecule has 1 fully saturated rings. The first-order valence-electron chi connectivity index (χ1n) is 11.2. The molecule has 0 saturated heterocycles. The summed E-state index contributed by atoms with van der Waals surface area (Å²) in [5.74, 6) is -1.18. The van der Waals surface area contributed by atoms with Crippen LogP contribution in [0.4, 0.5) is 0 Å². The second-order valence-electron chi connectivity index (χ2n) is 9.26. The van der Waals surface area contributed by atoms with E-state index in [1.807, 2.05) is 13.8 Å². The van der Waals surface area contributed by atoms with E-state index in [-0.39, 0.29) is 77.6 Å². The van der Waals surface area contributed by atoms with E-state index in [0.29, 0.717) is 32.1 Å². The molecular weight excluding hydrogens is 411 g/mol. The summed E-state index contributed by atoms with van der Waals surface area (Å²) in [6.45, 7) is 5.89. The minimum Gasteiger partial charge on any atom is -0.550 e. The van der Waals surface area contributed by atoms with E-state index in [9.17, 15) is 30.0 Å². The van der Waals surface area contributed by atoms with E-state index in [1.165, 1.54) is 0 Å². The molecule has 0 aromatic rings. The molecule has 0 unspecified atom stereocenters. The van der Waals surface area contributed by atoms with Gasteiger partial charge >= 0.3 is 35.5 Å². The van der Waals surface area contributed by atoms with E-state index in [0.717, 1.165) is 0 Å². The van der Waals surface area contributed by atoms with Gasteiger partial charge in [0.15, 0.2) is 0 Å². The van der Waals surface area contributed by atoms with Crippen molar-refractivity contribution in [2.45, 2.75) is 90.1 Å². The molecule has 7 nitrogen and oxygen atoms in total. The quantitative estimate of drug-likeness (QED) is 0.204. The second-order valence-corrected chi connectivity index (χ2v) is 9.26. The zero-order chi connectivity index (χ0) is 22.4. The van der Waals surface area contributed by atoms with Gasteiger partial charge in [-0.25, -0.2) is 0 Å². The Morgan fingerprint density at radius 1 is 1.19 bits per heavy atom. The van der Waals surface area contributed by atoms with Crippen LogP contribution in [0.2, 0.25) is 0 Å². The predicted molar refractivity (Wildman–Crippen MR) is 109 cm³/mol. The molecule has 31 heavy (non-hydrogen) atoms. The number of esters is 1. The SMILES string of the molecule is CC[C@H](C)C(=O)O[C@H]1C[C@H](O)C[C@@H]2C=C[C@H](C)[C@H](CC[C@@H](O)C[C@@H](O)CC(=O)[O-])[C@@H]12.[Na+]. The third-order valence-corrected chi connectivity index (χ3v) is 6.87. The fourth-order valence-electron chi connectivity index (χ4n) is 4.99. The van der Waals surface area contributed by atoms with Crippen molar-refractivity contribution in [2.24, 2.45) is 29.6 Å². The van der Waals surface area contributed by atoms with Crippen LogP contribution in [0.25, 0.3) is 0 Å². The van der Waals surface area contributed by atoms with Crippen LogP contribution in [-0.4, -0.2) is 51.7 Å². The number of carboxylic acids is 1. The monoisotopic (exact) mass is 448 g/mol. The van der Waals surface area contributed by atoms with Gasteiger partial charge in [0, 0.05) is 24.7 Å². The standard InChI is InChI=1S/C23H38O7.Na/c1-4-13(2)23(29)30-20-11-17(25)9-15-6-5-14(3)19(22(15)20)8-7-16(24)10-18(26)12-21(27)28;/h5-6,13-20,22,24-26H,4,7-12H2,1-3H3,(H,27,28);/q;+1/p-1/t13-,14-,15-,16+,17+,18+,19-,20-,22-;/m0./s1. The summed E-state index contributed by atoms with van der Waals surface area (Å²) < 4.78 is 5.87. The first kappa shape index (κ1) is 28.6. The molecule has 1 saturated carbocycles. The van der Waals surface area contributed by atoms with Crippen LogP contribution in [0, 0.1) is 29.6 Å². The molecule has 3 N–H and O–H groups in total. The number of hydrogen-bond acceptors (Lipinski definition) is 7. The van der Waals surface area contributed by atoms with Gasteiger partial charge in [-0.05, 0) is 49.9 Å².